The summed E-state index contributed by atoms with van der Waals surface area (Å²) in [6, 6.07) is 7.72. The molecule has 8 nitrogen and oxygen atoms in total. The topological polar surface area (TPSA) is 117 Å². The molecule has 0 radical (unpaired) electrons. The molecule has 0 aliphatic carbocycles. The average molecular weight is 435 g/mol. The number of rotatable bonds is 2. The molecular formula is C22H22N6O2S. The third-order valence-corrected chi connectivity index (χ3v) is 6.70. The van der Waals surface area contributed by atoms with Gasteiger partial charge in [0, 0.05) is 18.1 Å². The molecule has 1 saturated heterocycles. The number of nitrogens with two attached hydrogens (primary N) is 1. The molecule has 4 N–H and O–H groups in total. The van der Waals surface area contributed by atoms with Crippen molar-refractivity contribution >= 4 is 55.8 Å². The lowest BCUT2D eigenvalue weighted by Crippen LogP contribution is -2.46. The molecule has 3 aromatic heterocycles. The number of likely N-dealkylation sites (tertiary alicyclic amines) is 1. The van der Waals surface area contributed by atoms with Crippen LogP contribution in [-0.4, -0.2) is 38.2 Å². The number of aromatic nitrogens is 3. The van der Waals surface area contributed by atoms with E-state index in [9.17, 15) is 9.59 Å². The van der Waals surface area contributed by atoms with Gasteiger partial charge in [0.25, 0.3) is 0 Å². The van der Waals surface area contributed by atoms with Gasteiger partial charge >= 0.3 is 11.8 Å². The van der Waals surface area contributed by atoms with Crippen LogP contribution in [0, 0.1) is 5.92 Å². The fourth-order valence-corrected chi connectivity index (χ4v) is 4.94. The molecule has 1 aliphatic heterocycles. The van der Waals surface area contributed by atoms with Gasteiger partial charge in [0.15, 0.2) is 0 Å². The number of H-pyrrole nitrogens is 1. The normalized spacial score (nSPS) is 19.1. The van der Waals surface area contributed by atoms with E-state index >= 15 is 0 Å². The molecule has 1 aromatic carbocycles. The number of thiazole rings is 1. The number of nitrogens with zero attached hydrogens (tertiary/aromatic N) is 3. The fourth-order valence-electron chi connectivity index (χ4n) is 4.28. The van der Waals surface area contributed by atoms with Crippen molar-refractivity contribution in [3.8, 4) is 0 Å². The Bertz CT molecular complexity index is 1300. The van der Waals surface area contributed by atoms with Crippen LogP contribution < -0.4 is 11.1 Å². The van der Waals surface area contributed by atoms with E-state index in [1.165, 1.54) is 6.20 Å². The summed E-state index contributed by atoms with van der Waals surface area (Å²) in [7, 11) is 0. The second-order valence-electron chi connectivity index (χ2n) is 8.01. The van der Waals surface area contributed by atoms with Gasteiger partial charge in [0.05, 0.1) is 39.2 Å². The van der Waals surface area contributed by atoms with Gasteiger partial charge in [-0.15, -0.1) is 11.3 Å². The van der Waals surface area contributed by atoms with Crippen molar-refractivity contribution in [2.24, 2.45) is 5.92 Å². The Kier molecular flexibility index (Phi) is 4.82. The predicted molar refractivity (Wildman–Crippen MR) is 122 cm³/mol. The molecule has 1 aliphatic rings. The third-order valence-electron chi connectivity index (χ3n) is 5.89. The molecule has 0 bridgehead atoms. The first kappa shape index (κ1) is 19.5. The summed E-state index contributed by atoms with van der Waals surface area (Å²) in [6.45, 7) is 2.63. The van der Waals surface area contributed by atoms with Gasteiger partial charge in [-0.3, -0.25) is 9.59 Å². The minimum atomic E-state index is -0.684. The van der Waals surface area contributed by atoms with Crippen molar-refractivity contribution in [3.05, 3.63) is 47.7 Å². The van der Waals surface area contributed by atoms with E-state index in [1.807, 2.05) is 23.7 Å². The molecule has 158 valence electrons. The van der Waals surface area contributed by atoms with Crippen molar-refractivity contribution in [1.29, 1.82) is 0 Å². The Hall–Kier alpha value is -3.46. The van der Waals surface area contributed by atoms with Gasteiger partial charge in [0.2, 0.25) is 0 Å². The number of benzene rings is 1. The molecule has 4 heterocycles. The van der Waals surface area contributed by atoms with Gasteiger partial charge in [-0.1, -0.05) is 13.0 Å². The Labute approximate surface area is 182 Å². The summed E-state index contributed by atoms with van der Waals surface area (Å²) in [5.74, 6) is -0.546. The number of hydrogen-bond acceptors (Lipinski definition) is 6. The van der Waals surface area contributed by atoms with Gasteiger partial charge < -0.3 is 20.9 Å². The van der Waals surface area contributed by atoms with Crippen LogP contribution >= 0.6 is 11.3 Å². The third kappa shape index (κ3) is 3.50. The number of fused-ring (bicyclic) bond motifs is 2. The number of hydrogen-bond donors (Lipinski definition) is 3. The molecule has 1 fully saturated rings. The van der Waals surface area contributed by atoms with Crippen molar-refractivity contribution in [2.45, 2.75) is 25.8 Å². The lowest BCUT2D eigenvalue weighted by Gasteiger charge is -2.38. The monoisotopic (exact) mass is 434 g/mol. The maximum Gasteiger partial charge on any atom is 0.314 e. The number of aromatic amines is 1. The maximum atomic E-state index is 13.2. The number of carbonyl (C=O) groups is 2. The van der Waals surface area contributed by atoms with E-state index in [2.05, 4.69) is 27.2 Å². The molecule has 2 amide bonds. The zero-order valence-corrected chi connectivity index (χ0v) is 17.8. The number of nitrogen functional groups attached to an aromatic ring is 1. The zero-order chi connectivity index (χ0) is 21.5. The number of amides is 2. The lowest BCUT2D eigenvalue weighted by molar-refractivity contribution is -0.146. The van der Waals surface area contributed by atoms with Crippen LogP contribution in [0.4, 0.5) is 11.5 Å². The molecule has 0 unspecified atom stereocenters. The standard InChI is InChI=1S/C22H22N6O2S/c1-12-2-4-17(13-3-5-18-15(8-13)26-11-31-18)28(10-12)22(30)21(29)27-16-9-25-20(23)14-6-7-24-19(14)16/h3,5-9,11-12,17,24H,2,4,10H2,1H3,(H2,23,25)(H,27,29)/t12-,17+/m0/s1. The second-order valence-corrected chi connectivity index (χ2v) is 8.90. The molecule has 4 aromatic rings. The number of pyridine rings is 1. The van der Waals surface area contributed by atoms with Crippen LogP contribution in [0.1, 0.15) is 31.4 Å². The molecule has 0 saturated carbocycles. The van der Waals surface area contributed by atoms with E-state index in [0.717, 1.165) is 28.6 Å². The van der Waals surface area contributed by atoms with Gasteiger partial charge in [-0.05, 0) is 42.5 Å². The van der Waals surface area contributed by atoms with Crippen LogP contribution in [0.5, 0.6) is 0 Å². The SMILES string of the molecule is C[C@H]1CC[C@H](c2ccc3scnc3c2)N(C(=O)C(=O)Nc2cnc(N)c3cc[nH]c23)C1. The van der Waals surface area contributed by atoms with E-state index in [-0.39, 0.29) is 6.04 Å². The van der Waals surface area contributed by atoms with Gasteiger partial charge in [-0.2, -0.15) is 0 Å². The largest absolute Gasteiger partial charge is 0.383 e. The molecular weight excluding hydrogens is 412 g/mol. The highest BCUT2D eigenvalue weighted by atomic mass is 32.1. The van der Waals surface area contributed by atoms with Crippen molar-refractivity contribution in [3.63, 3.8) is 0 Å². The molecule has 2 atom stereocenters. The number of piperidine rings is 1. The average Bonchev–Trinajstić information content (AvgIpc) is 3.44. The van der Waals surface area contributed by atoms with Crippen LogP contribution in [0.25, 0.3) is 21.1 Å². The first-order chi connectivity index (χ1) is 15.0. The maximum absolute atomic E-state index is 13.2. The molecule has 9 heteroatoms. The Morgan fingerprint density at radius 2 is 2.13 bits per heavy atom. The van der Waals surface area contributed by atoms with Crippen LogP contribution in [0.15, 0.2) is 42.2 Å². The summed E-state index contributed by atoms with van der Waals surface area (Å²) in [6.07, 6.45) is 4.99. The summed E-state index contributed by atoms with van der Waals surface area (Å²) < 4.78 is 1.11. The van der Waals surface area contributed by atoms with E-state index in [0.29, 0.717) is 34.9 Å². The highest BCUT2D eigenvalue weighted by Crippen LogP contribution is 2.35. The molecule has 31 heavy (non-hydrogen) atoms. The lowest BCUT2D eigenvalue weighted by atomic mass is 9.89. The minimum absolute atomic E-state index is 0.157. The Balaban J connectivity index is 1.42. The minimum Gasteiger partial charge on any atom is -0.383 e. The van der Waals surface area contributed by atoms with Gasteiger partial charge in [0.1, 0.15) is 5.82 Å². The summed E-state index contributed by atoms with van der Waals surface area (Å²) in [4.78, 5) is 39.4. The van der Waals surface area contributed by atoms with Crippen LogP contribution in [0.2, 0.25) is 0 Å². The molecule has 0 spiro atoms. The van der Waals surface area contributed by atoms with E-state index in [1.54, 1.807) is 28.5 Å². The van der Waals surface area contributed by atoms with Crippen molar-refractivity contribution < 1.29 is 9.59 Å². The van der Waals surface area contributed by atoms with E-state index in [4.69, 9.17) is 5.73 Å². The second kappa shape index (κ2) is 7.66. The highest BCUT2D eigenvalue weighted by Gasteiger charge is 2.34. The smallest absolute Gasteiger partial charge is 0.314 e. The van der Waals surface area contributed by atoms with Crippen molar-refractivity contribution in [1.82, 2.24) is 19.9 Å². The van der Waals surface area contributed by atoms with Gasteiger partial charge in [-0.25, -0.2) is 9.97 Å². The Morgan fingerprint density at radius 3 is 3.00 bits per heavy atom. The van der Waals surface area contributed by atoms with Crippen LogP contribution in [-0.2, 0) is 9.59 Å². The Morgan fingerprint density at radius 1 is 1.26 bits per heavy atom. The first-order valence-electron chi connectivity index (χ1n) is 10.2. The highest BCUT2D eigenvalue weighted by molar-refractivity contribution is 7.16. The van der Waals surface area contributed by atoms with Crippen molar-refractivity contribution in [2.75, 3.05) is 17.6 Å². The van der Waals surface area contributed by atoms with E-state index < -0.39 is 11.8 Å². The summed E-state index contributed by atoms with van der Waals surface area (Å²) in [5.41, 5.74) is 10.7. The number of anilines is 2. The molecule has 5 rings (SSSR count). The summed E-state index contributed by atoms with van der Waals surface area (Å²) in [5, 5.41) is 3.42. The number of carbonyl (C=O) groups excluding carboxylic acids is 2. The first-order valence-corrected chi connectivity index (χ1v) is 11.1. The quantitative estimate of drug-likeness (QED) is 0.416. The van der Waals surface area contributed by atoms with Crippen LogP contribution in [0.3, 0.4) is 0 Å². The number of nitrogens with one attached hydrogen (secondary N) is 2. The fraction of sp³-hybridized carbons (Fsp3) is 0.273. The predicted octanol–water partition coefficient (Wildman–Crippen LogP) is 3.69. The zero-order valence-electron chi connectivity index (χ0n) is 17.0. The summed E-state index contributed by atoms with van der Waals surface area (Å²) >= 11 is 1.59.